The van der Waals surface area contributed by atoms with E-state index in [0.29, 0.717) is 6.26 Å². The van der Waals surface area contributed by atoms with Gasteiger partial charge in [-0.1, -0.05) is 64.7 Å². The molecule has 0 radical (unpaired) electrons. The van der Waals surface area contributed by atoms with Gasteiger partial charge < -0.3 is 0 Å². The highest BCUT2D eigenvalue weighted by atomic mass is 32.2. The molecule has 2 rings (SSSR count). The average molecular weight is 374 g/mol. The van der Waals surface area contributed by atoms with Crippen molar-refractivity contribution < 1.29 is 27.6 Å². The highest BCUT2D eigenvalue weighted by molar-refractivity contribution is 7.93. The van der Waals surface area contributed by atoms with Crippen molar-refractivity contribution in [2.24, 2.45) is 0 Å². The number of aryl methyl sites for hydroxylation is 2. The second kappa shape index (κ2) is 12.0. The van der Waals surface area contributed by atoms with Crippen LogP contribution in [0, 0.1) is 13.8 Å². The fourth-order valence-corrected chi connectivity index (χ4v) is 1.58. The van der Waals surface area contributed by atoms with Crippen LogP contribution in [0.25, 0.3) is 11.1 Å². The van der Waals surface area contributed by atoms with Gasteiger partial charge in [-0.25, -0.2) is 5.26 Å². The first-order valence-corrected chi connectivity index (χ1v) is 9.74. The summed E-state index contributed by atoms with van der Waals surface area (Å²) in [7, 11) is -3.67. The minimum Gasteiger partial charge on any atom is -0.286 e. The normalized spacial score (nSPS) is 10.1. The van der Waals surface area contributed by atoms with Crippen LogP contribution in [0.5, 0.6) is 0 Å². The zero-order valence-electron chi connectivity index (χ0n) is 14.0. The Morgan fingerprint density at radius 1 is 0.875 bits per heavy atom. The minimum atomic E-state index is -3.67. The third-order valence-corrected chi connectivity index (χ3v) is 2.73. The first-order valence-electron chi connectivity index (χ1n) is 6.74. The third kappa shape index (κ3) is 13.1. The lowest BCUT2D eigenvalue weighted by Gasteiger charge is -2.02. The van der Waals surface area contributed by atoms with Crippen LogP contribution in [0.1, 0.15) is 11.1 Å². The van der Waals surface area contributed by atoms with E-state index < -0.39 is 10.1 Å². The Bertz CT molecular complexity index is 613. The molecule has 0 saturated heterocycles. The Hall–Kier alpha value is -1.42. The lowest BCUT2D eigenvalue weighted by molar-refractivity contribution is -0.432. The maximum Gasteiger partial charge on any atom is 0.261 e. The zero-order valence-corrected chi connectivity index (χ0v) is 15.6. The van der Waals surface area contributed by atoms with Gasteiger partial charge >= 0.3 is 0 Å². The van der Waals surface area contributed by atoms with E-state index in [-0.39, 0.29) is 0 Å². The van der Waals surface area contributed by atoms with E-state index >= 15 is 0 Å². The first kappa shape index (κ1) is 22.6. The zero-order chi connectivity index (χ0) is 18.6. The standard InChI is InChI=1S/C14H14.2CH4O3S/c1-11-3-7-13(8-4-11)14-9-5-12(2)6-10-14;1-5(2,3)4;1-5-4-3-2/h3-10H,1-2H3;1H3,(H,2,3,4);2H,1H3. The van der Waals surface area contributed by atoms with Crippen LogP contribution < -0.4 is 0 Å². The molecule has 134 valence electrons. The summed E-state index contributed by atoms with van der Waals surface area (Å²) in [6.45, 7) is 4.22. The van der Waals surface area contributed by atoms with E-state index in [0.717, 1.165) is 12.0 Å². The van der Waals surface area contributed by atoms with E-state index in [1.807, 2.05) is 0 Å². The molecule has 0 aromatic heterocycles. The molecule has 0 aliphatic heterocycles. The van der Waals surface area contributed by atoms with Crippen LogP contribution in [-0.2, 0) is 19.5 Å². The van der Waals surface area contributed by atoms with Crippen molar-refractivity contribution in [2.75, 3.05) is 12.5 Å². The van der Waals surface area contributed by atoms with Crippen molar-refractivity contribution in [3.8, 4) is 11.1 Å². The molecule has 0 fully saturated rings. The summed E-state index contributed by atoms with van der Waals surface area (Å²) in [5, 5.41) is 10.5. The van der Waals surface area contributed by atoms with E-state index in [2.05, 4.69) is 71.8 Å². The van der Waals surface area contributed by atoms with Crippen LogP contribution in [0.15, 0.2) is 48.5 Å². The number of rotatable bonds is 3. The van der Waals surface area contributed by atoms with Crippen LogP contribution in [0.4, 0.5) is 0 Å². The summed E-state index contributed by atoms with van der Waals surface area (Å²) in [4.78, 5) is 0. The van der Waals surface area contributed by atoms with Gasteiger partial charge in [-0.3, -0.25) is 4.55 Å². The minimum absolute atomic E-state index is 0.715. The molecule has 0 atom stereocenters. The molecular formula is C16H22O6S2. The molecule has 24 heavy (non-hydrogen) atoms. The fraction of sp³-hybridized carbons (Fsp3) is 0.250. The summed E-state index contributed by atoms with van der Waals surface area (Å²) in [5.74, 6) is 0. The first-order chi connectivity index (χ1) is 11.2. The highest BCUT2D eigenvalue weighted by Gasteiger charge is 1.95. The molecule has 0 aliphatic carbocycles. The van der Waals surface area contributed by atoms with Gasteiger partial charge in [0.15, 0.2) is 0 Å². The van der Waals surface area contributed by atoms with Gasteiger partial charge in [-0.15, -0.1) is 4.33 Å². The monoisotopic (exact) mass is 374 g/mol. The van der Waals surface area contributed by atoms with Crippen LogP contribution in [0.2, 0.25) is 0 Å². The lowest BCUT2D eigenvalue weighted by Crippen LogP contribution is -1.88. The Balaban J connectivity index is 0.000000442. The maximum absolute atomic E-state index is 9.19. The van der Waals surface area contributed by atoms with Crippen molar-refractivity contribution in [3.63, 3.8) is 0 Å². The quantitative estimate of drug-likeness (QED) is 0.360. The molecule has 0 unspecified atom stereocenters. The van der Waals surface area contributed by atoms with Gasteiger partial charge in [0.05, 0.1) is 6.26 Å². The Labute approximate surface area is 147 Å². The van der Waals surface area contributed by atoms with E-state index in [1.54, 1.807) is 6.26 Å². The predicted molar refractivity (Wildman–Crippen MR) is 97.1 cm³/mol. The summed E-state index contributed by atoms with van der Waals surface area (Å²) in [6.07, 6.45) is 2.34. The molecule has 8 heteroatoms. The van der Waals surface area contributed by atoms with Crippen LogP contribution in [0.3, 0.4) is 0 Å². The molecule has 2 aromatic carbocycles. The van der Waals surface area contributed by atoms with Gasteiger partial charge in [-0.2, -0.15) is 8.42 Å². The number of hydrogen-bond donors (Lipinski definition) is 2. The van der Waals surface area contributed by atoms with Gasteiger partial charge in [0.2, 0.25) is 0 Å². The molecule has 0 spiro atoms. The largest absolute Gasteiger partial charge is 0.286 e. The Kier molecular flexibility index (Phi) is 11.3. The van der Waals surface area contributed by atoms with Crippen molar-refractivity contribution >= 4 is 22.2 Å². The summed E-state index contributed by atoms with van der Waals surface area (Å²) in [6, 6.07) is 17.3. The van der Waals surface area contributed by atoms with E-state index in [9.17, 15) is 8.42 Å². The van der Waals surface area contributed by atoms with Gasteiger partial charge in [0, 0.05) is 18.3 Å². The lowest BCUT2D eigenvalue weighted by atomic mass is 10.0. The number of benzene rings is 2. The van der Waals surface area contributed by atoms with Gasteiger partial charge in [0.1, 0.15) is 0 Å². The molecule has 0 bridgehead atoms. The third-order valence-electron chi connectivity index (χ3n) is 2.53. The molecule has 0 saturated carbocycles. The van der Waals surface area contributed by atoms with Crippen molar-refractivity contribution in [3.05, 3.63) is 59.7 Å². The van der Waals surface area contributed by atoms with E-state index in [1.165, 1.54) is 22.3 Å². The second-order valence-corrected chi connectivity index (χ2v) is 6.71. The van der Waals surface area contributed by atoms with E-state index in [4.69, 9.17) is 9.81 Å². The van der Waals surface area contributed by atoms with Crippen LogP contribution >= 0.6 is 12.0 Å². The highest BCUT2D eigenvalue weighted by Crippen LogP contribution is 2.19. The van der Waals surface area contributed by atoms with Gasteiger partial charge in [-0.05, 0) is 25.0 Å². The summed E-state index contributed by atoms with van der Waals surface area (Å²) >= 11 is 0.929. The molecule has 2 N–H and O–H groups in total. The molecular weight excluding hydrogens is 352 g/mol. The van der Waals surface area contributed by atoms with Crippen molar-refractivity contribution in [1.82, 2.24) is 0 Å². The molecule has 2 aromatic rings. The second-order valence-electron chi connectivity index (χ2n) is 4.77. The Morgan fingerprint density at radius 3 is 1.33 bits per heavy atom. The molecule has 0 amide bonds. The SMILES string of the molecule is CS(=O)(=O)O.CSOOO.Cc1ccc(-c2ccc(C)cc2)cc1. The fourth-order valence-electron chi connectivity index (χ4n) is 1.52. The van der Waals surface area contributed by atoms with Crippen LogP contribution in [-0.4, -0.2) is 30.7 Å². The number of hydrogen-bond acceptors (Lipinski definition) is 6. The average Bonchev–Trinajstić information content (AvgIpc) is 2.49. The molecule has 6 nitrogen and oxygen atoms in total. The summed E-state index contributed by atoms with van der Waals surface area (Å²) in [5.41, 5.74) is 5.19. The maximum atomic E-state index is 9.19. The van der Waals surface area contributed by atoms with Crippen molar-refractivity contribution in [2.45, 2.75) is 13.8 Å². The molecule has 0 heterocycles. The Morgan fingerprint density at radius 2 is 1.17 bits per heavy atom. The molecule has 0 aliphatic rings. The van der Waals surface area contributed by atoms with Gasteiger partial charge in [0.25, 0.3) is 10.1 Å². The predicted octanol–water partition coefficient (Wildman–Crippen LogP) is 4.16. The van der Waals surface area contributed by atoms with Crippen molar-refractivity contribution in [1.29, 1.82) is 0 Å². The topological polar surface area (TPSA) is 93.1 Å². The summed E-state index contributed by atoms with van der Waals surface area (Å²) < 4.78 is 29.7. The smallest absolute Gasteiger partial charge is 0.261 e.